The summed E-state index contributed by atoms with van der Waals surface area (Å²) >= 11 is 0. The minimum absolute atomic E-state index is 0.149. The van der Waals surface area contributed by atoms with Crippen LogP contribution in [0.3, 0.4) is 0 Å². The lowest BCUT2D eigenvalue weighted by atomic mass is 10.0. The molecule has 0 saturated carbocycles. The Labute approximate surface area is 141 Å². The van der Waals surface area contributed by atoms with Gasteiger partial charge in [-0.25, -0.2) is 0 Å². The van der Waals surface area contributed by atoms with Gasteiger partial charge in [0, 0.05) is 17.7 Å². The fourth-order valence-electron chi connectivity index (χ4n) is 3.40. The molecule has 4 rings (SSSR count). The molecular formula is C19H21N3O2. The molecule has 0 radical (unpaired) electrons. The zero-order chi connectivity index (χ0) is 16.5. The normalized spacial score (nSPS) is 14.2. The predicted molar refractivity (Wildman–Crippen MR) is 93.0 cm³/mol. The van der Waals surface area contributed by atoms with Crippen LogP contribution in [0.1, 0.15) is 42.8 Å². The van der Waals surface area contributed by atoms with Gasteiger partial charge in [-0.2, -0.15) is 4.98 Å². The Balaban J connectivity index is 1.54. The second kappa shape index (κ2) is 6.24. The molecule has 0 fully saturated rings. The Morgan fingerprint density at radius 2 is 2.04 bits per heavy atom. The van der Waals surface area contributed by atoms with E-state index >= 15 is 0 Å². The van der Waals surface area contributed by atoms with Crippen molar-refractivity contribution in [3.05, 3.63) is 53.2 Å². The standard InChI is InChI=1S/C19H21N3O2/c1-3-23-12(2)19-21-17(24-22-19)11-20-16-10-9-14-8-7-13-5-4-6-15(16)18(13)14/h4-6,9-10,12,20H,3,7-8,11H2,1-2H3/t12-/m0/s1. The van der Waals surface area contributed by atoms with Crippen molar-refractivity contribution in [3.63, 3.8) is 0 Å². The molecule has 0 amide bonds. The maximum absolute atomic E-state index is 5.49. The lowest BCUT2D eigenvalue weighted by molar-refractivity contribution is 0.0683. The van der Waals surface area contributed by atoms with Crippen molar-refractivity contribution in [1.29, 1.82) is 0 Å². The zero-order valence-electron chi connectivity index (χ0n) is 14.0. The first-order valence-electron chi connectivity index (χ1n) is 8.47. The third-order valence-electron chi connectivity index (χ3n) is 4.57. The molecule has 2 aromatic carbocycles. The lowest BCUT2D eigenvalue weighted by Gasteiger charge is -2.10. The highest BCUT2D eigenvalue weighted by molar-refractivity contribution is 5.99. The molecule has 24 heavy (non-hydrogen) atoms. The number of benzene rings is 2. The van der Waals surface area contributed by atoms with Crippen molar-refractivity contribution in [1.82, 2.24) is 10.1 Å². The van der Waals surface area contributed by atoms with Crippen molar-refractivity contribution in [2.75, 3.05) is 11.9 Å². The monoisotopic (exact) mass is 323 g/mol. The van der Waals surface area contributed by atoms with Crippen molar-refractivity contribution in [3.8, 4) is 0 Å². The SMILES string of the molecule is CCO[C@@H](C)c1noc(CNc2ccc3c4c(cccc24)CC3)n1. The second-order valence-corrected chi connectivity index (χ2v) is 6.11. The van der Waals surface area contributed by atoms with Gasteiger partial charge in [0.05, 0.1) is 6.54 Å². The molecule has 124 valence electrons. The lowest BCUT2D eigenvalue weighted by Crippen LogP contribution is -2.03. The van der Waals surface area contributed by atoms with Crippen LogP contribution in [0.2, 0.25) is 0 Å². The van der Waals surface area contributed by atoms with Crippen LogP contribution < -0.4 is 5.32 Å². The van der Waals surface area contributed by atoms with Crippen molar-refractivity contribution < 1.29 is 9.26 Å². The van der Waals surface area contributed by atoms with Crippen LogP contribution >= 0.6 is 0 Å². The van der Waals surface area contributed by atoms with Crippen LogP contribution in [0.25, 0.3) is 10.8 Å². The van der Waals surface area contributed by atoms with Crippen LogP contribution in [0.5, 0.6) is 0 Å². The van der Waals surface area contributed by atoms with Crippen molar-refractivity contribution >= 4 is 16.5 Å². The van der Waals surface area contributed by atoms with Crippen molar-refractivity contribution in [2.45, 2.75) is 39.3 Å². The quantitative estimate of drug-likeness (QED) is 0.742. The van der Waals surface area contributed by atoms with Crippen LogP contribution in [0.4, 0.5) is 5.69 Å². The Kier molecular flexibility index (Phi) is 3.94. The average Bonchev–Trinajstić information content (AvgIpc) is 3.23. The largest absolute Gasteiger partial charge is 0.376 e. The van der Waals surface area contributed by atoms with E-state index in [1.54, 1.807) is 0 Å². The molecule has 0 aliphatic heterocycles. The summed E-state index contributed by atoms with van der Waals surface area (Å²) in [5.41, 5.74) is 3.99. The zero-order valence-corrected chi connectivity index (χ0v) is 14.0. The van der Waals surface area contributed by atoms with E-state index in [0.717, 1.165) is 18.5 Å². The molecule has 1 heterocycles. The van der Waals surface area contributed by atoms with Gasteiger partial charge in [0.25, 0.3) is 0 Å². The summed E-state index contributed by atoms with van der Waals surface area (Å²) in [6.07, 6.45) is 2.13. The first-order chi connectivity index (χ1) is 11.8. The van der Waals surface area contributed by atoms with E-state index in [4.69, 9.17) is 9.26 Å². The highest BCUT2D eigenvalue weighted by Crippen LogP contribution is 2.35. The first-order valence-corrected chi connectivity index (χ1v) is 8.47. The number of anilines is 1. The van der Waals surface area contributed by atoms with E-state index in [2.05, 4.69) is 45.8 Å². The van der Waals surface area contributed by atoms with E-state index in [1.807, 2.05) is 13.8 Å². The predicted octanol–water partition coefficient (Wildman–Crippen LogP) is 4.03. The molecule has 1 N–H and O–H groups in total. The molecule has 0 unspecified atom stereocenters. The summed E-state index contributed by atoms with van der Waals surface area (Å²) in [5.74, 6) is 1.16. The minimum Gasteiger partial charge on any atom is -0.376 e. The molecule has 0 spiro atoms. The van der Waals surface area contributed by atoms with Gasteiger partial charge >= 0.3 is 0 Å². The van der Waals surface area contributed by atoms with Gasteiger partial charge < -0.3 is 14.6 Å². The number of ether oxygens (including phenoxy) is 1. The molecule has 3 aromatic rings. The average molecular weight is 323 g/mol. The van der Waals surface area contributed by atoms with E-state index in [-0.39, 0.29) is 6.10 Å². The van der Waals surface area contributed by atoms with E-state index < -0.39 is 0 Å². The van der Waals surface area contributed by atoms with E-state index in [1.165, 1.54) is 21.9 Å². The Bertz CT molecular complexity index is 862. The number of rotatable bonds is 6. The second-order valence-electron chi connectivity index (χ2n) is 6.11. The highest BCUT2D eigenvalue weighted by atomic mass is 16.5. The van der Waals surface area contributed by atoms with Gasteiger partial charge in [0.2, 0.25) is 5.89 Å². The third kappa shape index (κ3) is 2.65. The van der Waals surface area contributed by atoms with Crippen LogP contribution in [0.15, 0.2) is 34.9 Å². The third-order valence-corrected chi connectivity index (χ3v) is 4.57. The summed E-state index contributed by atoms with van der Waals surface area (Å²) in [7, 11) is 0. The Morgan fingerprint density at radius 3 is 2.88 bits per heavy atom. The molecule has 1 aromatic heterocycles. The molecule has 0 saturated heterocycles. The summed E-state index contributed by atoms with van der Waals surface area (Å²) in [6, 6.07) is 10.9. The van der Waals surface area contributed by atoms with Crippen LogP contribution in [-0.2, 0) is 24.1 Å². The topological polar surface area (TPSA) is 60.2 Å². The number of aryl methyl sites for hydroxylation is 2. The van der Waals surface area contributed by atoms with Crippen LogP contribution in [-0.4, -0.2) is 16.7 Å². The van der Waals surface area contributed by atoms with Gasteiger partial charge in [0.15, 0.2) is 5.82 Å². The number of hydrogen-bond donors (Lipinski definition) is 1. The molecule has 1 aliphatic rings. The Hall–Kier alpha value is -2.40. The number of aromatic nitrogens is 2. The first kappa shape index (κ1) is 15.1. The summed E-state index contributed by atoms with van der Waals surface area (Å²) in [4.78, 5) is 4.41. The molecule has 5 heteroatoms. The fraction of sp³-hybridized carbons (Fsp3) is 0.368. The number of hydrogen-bond acceptors (Lipinski definition) is 5. The van der Waals surface area contributed by atoms with Crippen molar-refractivity contribution in [2.24, 2.45) is 0 Å². The molecule has 0 bridgehead atoms. The summed E-state index contributed by atoms with van der Waals surface area (Å²) in [5, 5.41) is 10.1. The maximum atomic E-state index is 5.49. The van der Waals surface area contributed by atoms with E-state index in [0.29, 0.717) is 24.9 Å². The van der Waals surface area contributed by atoms with E-state index in [9.17, 15) is 0 Å². The molecular weight excluding hydrogens is 302 g/mol. The van der Waals surface area contributed by atoms with Gasteiger partial charge in [-0.15, -0.1) is 0 Å². The van der Waals surface area contributed by atoms with Gasteiger partial charge in [0.1, 0.15) is 6.10 Å². The fourth-order valence-corrected chi connectivity index (χ4v) is 3.40. The Morgan fingerprint density at radius 1 is 1.21 bits per heavy atom. The molecule has 5 nitrogen and oxygen atoms in total. The van der Waals surface area contributed by atoms with Gasteiger partial charge in [-0.1, -0.05) is 29.4 Å². The summed E-state index contributed by atoms with van der Waals surface area (Å²) < 4.78 is 10.8. The van der Waals surface area contributed by atoms with Crippen LogP contribution in [0, 0.1) is 0 Å². The van der Waals surface area contributed by atoms with Gasteiger partial charge in [-0.3, -0.25) is 0 Å². The maximum Gasteiger partial charge on any atom is 0.246 e. The molecule has 1 atom stereocenters. The summed E-state index contributed by atoms with van der Waals surface area (Å²) in [6.45, 7) is 5.01. The number of nitrogens with zero attached hydrogens (tertiary/aromatic N) is 2. The van der Waals surface area contributed by atoms with Gasteiger partial charge in [-0.05, 0) is 49.3 Å². The number of nitrogens with one attached hydrogen (secondary N) is 1. The molecule has 1 aliphatic carbocycles. The smallest absolute Gasteiger partial charge is 0.246 e. The minimum atomic E-state index is -0.149. The highest BCUT2D eigenvalue weighted by Gasteiger charge is 2.17.